The van der Waals surface area contributed by atoms with Crippen molar-refractivity contribution < 1.29 is 18.7 Å². The van der Waals surface area contributed by atoms with Crippen molar-refractivity contribution in [3.8, 4) is 0 Å². The summed E-state index contributed by atoms with van der Waals surface area (Å²) < 4.78 is 18.5. The van der Waals surface area contributed by atoms with Gasteiger partial charge in [0.25, 0.3) is 5.91 Å². The number of hydrogen-bond donors (Lipinski definition) is 1. The van der Waals surface area contributed by atoms with Gasteiger partial charge >= 0.3 is 5.97 Å². The lowest BCUT2D eigenvalue weighted by Crippen LogP contribution is -2.21. The molecular formula is C16H12Cl2FNO3. The molecule has 0 unspecified atom stereocenters. The molecule has 0 saturated heterocycles. The summed E-state index contributed by atoms with van der Waals surface area (Å²) in [5.41, 5.74) is 0.909. The third-order valence-corrected chi connectivity index (χ3v) is 3.63. The first kappa shape index (κ1) is 17.2. The fourth-order valence-electron chi connectivity index (χ4n) is 1.75. The van der Waals surface area contributed by atoms with E-state index in [1.165, 1.54) is 30.3 Å². The maximum Gasteiger partial charge on any atom is 0.338 e. The lowest BCUT2D eigenvalue weighted by atomic mass is 10.2. The number of anilines is 1. The number of carbonyl (C=O) groups is 2. The number of carbonyl (C=O) groups excluding carboxylic acids is 2. The highest BCUT2D eigenvalue weighted by molar-refractivity contribution is 6.42. The summed E-state index contributed by atoms with van der Waals surface area (Å²) in [7, 11) is 0. The second kappa shape index (κ2) is 7.44. The van der Waals surface area contributed by atoms with Gasteiger partial charge in [0.15, 0.2) is 6.61 Å². The van der Waals surface area contributed by atoms with Crippen molar-refractivity contribution in [3.05, 3.63) is 63.4 Å². The van der Waals surface area contributed by atoms with Crippen molar-refractivity contribution in [3.63, 3.8) is 0 Å². The minimum Gasteiger partial charge on any atom is -0.452 e. The molecule has 2 aromatic carbocycles. The maximum absolute atomic E-state index is 13.6. The van der Waals surface area contributed by atoms with Gasteiger partial charge in [0.05, 0.1) is 21.3 Å². The van der Waals surface area contributed by atoms with E-state index >= 15 is 0 Å². The molecule has 0 saturated carbocycles. The van der Waals surface area contributed by atoms with E-state index in [-0.39, 0.29) is 16.3 Å². The molecule has 0 aromatic heterocycles. The van der Waals surface area contributed by atoms with Crippen molar-refractivity contribution in [1.82, 2.24) is 0 Å². The highest BCUT2D eigenvalue weighted by Crippen LogP contribution is 2.23. The SMILES string of the molecule is Cc1ccc(NC(=O)COC(=O)c2ccc(Cl)c(Cl)c2)c(F)c1. The molecule has 23 heavy (non-hydrogen) atoms. The topological polar surface area (TPSA) is 55.4 Å². The fourth-order valence-corrected chi connectivity index (χ4v) is 2.04. The minimum absolute atomic E-state index is 0.0196. The highest BCUT2D eigenvalue weighted by Gasteiger charge is 2.13. The van der Waals surface area contributed by atoms with E-state index < -0.39 is 24.3 Å². The zero-order valence-electron chi connectivity index (χ0n) is 12.0. The van der Waals surface area contributed by atoms with Gasteiger partial charge in [-0.25, -0.2) is 9.18 Å². The Bertz CT molecular complexity index is 765. The van der Waals surface area contributed by atoms with Crippen LogP contribution in [0.15, 0.2) is 36.4 Å². The van der Waals surface area contributed by atoms with Crippen LogP contribution < -0.4 is 5.32 Å². The molecule has 0 atom stereocenters. The van der Waals surface area contributed by atoms with Crippen LogP contribution in [-0.2, 0) is 9.53 Å². The van der Waals surface area contributed by atoms with Gasteiger partial charge in [0.2, 0.25) is 0 Å². The summed E-state index contributed by atoms with van der Waals surface area (Å²) in [6.07, 6.45) is 0. The number of aryl methyl sites for hydroxylation is 1. The fraction of sp³-hybridized carbons (Fsp3) is 0.125. The van der Waals surface area contributed by atoms with Gasteiger partial charge in [-0.2, -0.15) is 0 Å². The number of esters is 1. The number of amides is 1. The molecule has 1 N–H and O–H groups in total. The van der Waals surface area contributed by atoms with E-state index in [0.29, 0.717) is 5.02 Å². The molecule has 2 rings (SSSR count). The summed E-state index contributed by atoms with van der Waals surface area (Å²) >= 11 is 11.5. The predicted molar refractivity (Wildman–Crippen MR) is 86.5 cm³/mol. The molecule has 7 heteroatoms. The number of benzene rings is 2. The molecule has 0 radical (unpaired) electrons. The predicted octanol–water partition coefficient (Wildman–Crippen LogP) is 4.24. The van der Waals surface area contributed by atoms with Crippen molar-refractivity contribution in [2.24, 2.45) is 0 Å². The van der Waals surface area contributed by atoms with Crippen LogP contribution in [-0.4, -0.2) is 18.5 Å². The average molecular weight is 356 g/mol. The quantitative estimate of drug-likeness (QED) is 0.834. The number of rotatable bonds is 4. The van der Waals surface area contributed by atoms with Crippen LogP contribution >= 0.6 is 23.2 Å². The van der Waals surface area contributed by atoms with Gasteiger partial charge in [-0.1, -0.05) is 29.3 Å². The molecule has 0 aliphatic heterocycles. The number of nitrogens with one attached hydrogen (secondary N) is 1. The summed E-state index contributed by atoms with van der Waals surface area (Å²) in [6.45, 7) is 1.18. The van der Waals surface area contributed by atoms with Crippen LogP contribution in [0.4, 0.5) is 10.1 Å². The van der Waals surface area contributed by atoms with Crippen LogP contribution in [0.3, 0.4) is 0 Å². The third kappa shape index (κ3) is 4.68. The summed E-state index contributed by atoms with van der Waals surface area (Å²) in [6, 6.07) is 8.58. The summed E-state index contributed by atoms with van der Waals surface area (Å²) in [5.74, 6) is -1.95. The number of halogens is 3. The van der Waals surface area contributed by atoms with Gasteiger partial charge in [-0.3, -0.25) is 4.79 Å². The van der Waals surface area contributed by atoms with Gasteiger partial charge in [-0.15, -0.1) is 0 Å². The zero-order chi connectivity index (χ0) is 17.0. The van der Waals surface area contributed by atoms with E-state index in [1.54, 1.807) is 13.0 Å². The zero-order valence-corrected chi connectivity index (χ0v) is 13.5. The van der Waals surface area contributed by atoms with E-state index in [0.717, 1.165) is 5.56 Å². The highest BCUT2D eigenvalue weighted by atomic mass is 35.5. The largest absolute Gasteiger partial charge is 0.452 e. The number of ether oxygens (including phenoxy) is 1. The third-order valence-electron chi connectivity index (χ3n) is 2.89. The van der Waals surface area contributed by atoms with E-state index in [1.807, 2.05) is 0 Å². The first-order valence-electron chi connectivity index (χ1n) is 6.55. The Balaban J connectivity index is 1.93. The minimum atomic E-state index is -0.733. The molecule has 120 valence electrons. The molecule has 1 amide bonds. The van der Waals surface area contributed by atoms with Gasteiger partial charge in [0, 0.05) is 0 Å². The van der Waals surface area contributed by atoms with E-state index in [4.69, 9.17) is 27.9 Å². The van der Waals surface area contributed by atoms with Gasteiger partial charge in [0.1, 0.15) is 5.82 Å². The Hall–Kier alpha value is -2.11. The van der Waals surface area contributed by atoms with Crippen LogP contribution in [0.5, 0.6) is 0 Å². The average Bonchev–Trinajstić information content (AvgIpc) is 2.50. The molecule has 0 fully saturated rings. The lowest BCUT2D eigenvalue weighted by Gasteiger charge is -2.08. The Morgan fingerprint density at radius 1 is 1.13 bits per heavy atom. The second-order valence-electron chi connectivity index (χ2n) is 4.74. The monoisotopic (exact) mass is 355 g/mol. The molecule has 0 heterocycles. The van der Waals surface area contributed by atoms with Crippen LogP contribution in [0.25, 0.3) is 0 Å². The first-order valence-corrected chi connectivity index (χ1v) is 7.30. The van der Waals surface area contributed by atoms with Crippen molar-refractivity contribution in [1.29, 1.82) is 0 Å². The van der Waals surface area contributed by atoms with Crippen LogP contribution in [0, 0.1) is 12.7 Å². The summed E-state index contributed by atoms with van der Waals surface area (Å²) in [5, 5.41) is 2.83. The van der Waals surface area contributed by atoms with Crippen LogP contribution in [0.2, 0.25) is 10.0 Å². The van der Waals surface area contributed by atoms with E-state index in [9.17, 15) is 14.0 Å². The van der Waals surface area contributed by atoms with Crippen molar-refractivity contribution >= 4 is 40.8 Å². The molecule has 2 aromatic rings. The maximum atomic E-state index is 13.6. The lowest BCUT2D eigenvalue weighted by molar-refractivity contribution is -0.119. The molecular weight excluding hydrogens is 344 g/mol. The van der Waals surface area contributed by atoms with E-state index in [2.05, 4.69) is 5.32 Å². The van der Waals surface area contributed by atoms with Crippen molar-refractivity contribution in [2.45, 2.75) is 6.92 Å². The standard InChI is InChI=1S/C16H12Cl2FNO3/c1-9-2-5-14(13(19)6-9)20-15(21)8-23-16(22)10-3-4-11(17)12(18)7-10/h2-7H,8H2,1H3,(H,20,21). The molecule has 0 spiro atoms. The first-order chi connectivity index (χ1) is 10.9. The smallest absolute Gasteiger partial charge is 0.338 e. The molecule has 0 aliphatic carbocycles. The van der Waals surface area contributed by atoms with Gasteiger partial charge in [-0.05, 0) is 42.8 Å². The van der Waals surface area contributed by atoms with Gasteiger partial charge < -0.3 is 10.1 Å². The molecule has 0 aliphatic rings. The Kier molecular flexibility index (Phi) is 5.58. The molecule has 0 bridgehead atoms. The summed E-state index contributed by atoms with van der Waals surface area (Å²) in [4.78, 5) is 23.5. The molecule has 4 nitrogen and oxygen atoms in total. The Labute approximate surface area is 142 Å². The Morgan fingerprint density at radius 2 is 1.87 bits per heavy atom. The van der Waals surface area contributed by atoms with Crippen molar-refractivity contribution in [2.75, 3.05) is 11.9 Å². The Morgan fingerprint density at radius 3 is 2.52 bits per heavy atom. The normalized spacial score (nSPS) is 10.3. The van der Waals surface area contributed by atoms with Crippen LogP contribution in [0.1, 0.15) is 15.9 Å². The second-order valence-corrected chi connectivity index (χ2v) is 5.55. The number of hydrogen-bond acceptors (Lipinski definition) is 3.